The van der Waals surface area contributed by atoms with Crippen LogP contribution < -0.4 is 5.73 Å². The predicted molar refractivity (Wildman–Crippen MR) is 74.6 cm³/mol. The molecule has 3 N–H and O–H groups in total. The maximum atomic E-state index is 9.77. The van der Waals surface area contributed by atoms with Crippen LogP contribution in [0.1, 0.15) is 18.6 Å². The Kier molecular flexibility index (Phi) is 3.50. The largest absolute Gasteiger partial charge is 0.398 e. The first-order valence-electron chi connectivity index (χ1n) is 5.42. The maximum absolute atomic E-state index is 9.77. The Morgan fingerprint density at radius 2 is 1.82 bits per heavy atom. The van der Waals surface area contributed by atoms with Gasteiger partial charge in [-0.15, -0.1) is 0 Å². The van der Waals surface area contributed by atoms with E-state index in [1.807, 2.05) is 42.5 Å². The highest BCUT2D eigenvalue weighted by Crippen LogP contribution is 2.33. The zero-order valence-electron chi connectivity index (χ0n) is 9.52. The van der Waals surface area contributed by atoms with Crippen LogP contribution in [-0.2, 0) is 0 Å². The molecule has 1 atom stereocenters. The Balaban J connectivity index is 2.64. The number of hydrogen-bond acceptors (Lipinski definition) is 2. The summed E-state index contributed by atoms with van der Waals surface area (Å²) >= 11 is 3.44. The minimum atomic E-state index is -0.510. The number of nitrogen functional groups attached to an aromatic ring is 1. The molecule has 2 aromatic rings. The number of nitrogens with two attached hydrogens (primary N) is 1. The van der Waals surface area contributed by atoms with Crippen molar-refractivity contribution >= 4 is 21.6 Å². The Morgan fingerprint density at radius 3 is 2.53 bits per heavy atom. The highest BCUT2D eigenvalue weighted by molar-refractivity contribution is 9.10. The monoisotopic (exact) mass is 291 g/mol. The molecule has 17 heavy (non-hydrogen) atoms. The van der Waals surface area contributed by atoms with Gasteiger partial charge in [0.2, 0.25) is 0 Å². The van der Waals surface area contributed by atoms with Crippen molar-refractivity contribution in [3.05, 3.63) is 52.5 Å². The van der Waals surface area contributed by atoms with Crippen LogP contribution in [-0.4, -0.2) is 5.11 Å². The van der Waals surface area contributed by atoms with Crippen molar-refractivity contribution in [3.8, 4) is 11.1 Å². The molecule has 0 heterocycles. The zero-order valence-corrected chi connectivity index (χ0v) is 11.1. The molecule has 0 saturated carbocycles. The second-order valence-corrected chi connectivity index (χ2v) is 4.91. The lowest BCUT2D eigenvalue weighted by Gasteiger charge is -2.14. The SMILES string of the molecule is CC(O)c1ccccc1-c1cc(Br)ccc1N. The molecular formula is C14H14BrNO. The van der Waals surface area contributed by atoms with Gasteiger partial charge >= 0.3 is 0 Å². The molecule has 0 aliphatic heterocycles. The highest BCUT2D eigenvalue weighted by Gasteiger charge is 2.11. The number of halogens is 1. The van der Waals surface area contributed by atoms with Crippen LogP contribution in [0.4, 0.5) is 5.69 Å². The van der Waals surface area contributed by atoms with E-state index < -0.39 is 6.10 Å². The van der Waals surface area contributed by atoms with Crippen LogP contribution in [0.25, 0.3) is 11.1 Å². The van der Waals surface area contributed by atoms with Crippen molar-refractivity contribution in [2.24, 2.45) is 0 Å². The number of aliphatic hydroxyl groups excluding tert-OH is 1. The molecule has 88 valence electrons. The Bertz CT molecular complexity index is 537. The number of benzene rings is 2. The van der Waals surface area contributed by atoms with Crippen molar-refractivity contribution in [3.63, 3.8) is 0 Å². The standard InChI is InChI=1S/C14H14BrNO/c1-9(17)11-4-2-3-5-12(11)13-8-10(15)6-7-14(13)16/h2-9,17H,16H2,1H3. The number of anilines is 1. The molecule has 2 nitrogen and oxygen atoms in total. The Hall–Kier alpha value is -1.32. The van der Waals surface area contributed by atoms with Crippen molar-refractivity contribution in [1.82, 2.24) is 0 Å². The summed E-state index contributed by atoms with van der Waals surface area (Å²) in [4.78, 5) is 0. The van der Waals surface area contributed by atoms with E-state index in [1.54, 1.807) is 6.92 Å². The minimum Gasteiger partial charge on any atom is -0.398 e. The van der Waals surface area contributed by atoms with E-state index in [1.165, 1.54) is 0 Å². The average Bonchev–Trinajstić information content (AvgIpc) is 2.32. The normalized spacial score (nSPS) is 12.4. The molecule has 0 amide bonds. The van der Waals surface area contributed by atoms with Gasteiger partial charge in [0.1, 0.15) is 0 Å². The zero-order chi connectivity index (χ0) is 12.4. The third kappa shape index (κ3) is 2.51. The number of rotatable bonds is 2. The summed E-state index contributed by atoms with van der Waals surface area (Å²) in [5.74, 6) is 0. The van der Waals surface area contributed by atoms with Gasteiger partial charge in [-0.2, -0.15) is 0 Å². The second kappa shape index (κ2) is 4.90. The van der Waals surface area contributed by atoms with Crippen molar-refractivity contribution in [2.45, 2.75) is 13.0 Å². The molecular weight excluding hydrogens is 278 g/mol. The summed E-state index contributed by atoms with van der Waals surface area (Å²) in [6, 6.07) is 13.5. The Morgan fingerprint density at radius 1 is 1.12 bits per heavy atom. The van der Waals surface area contributed by atoms with E-state index in [4.69, 9.17) is 5.73 Å². The molecule has 0 bridgehead atoms. The van der Waals surface area contributed by atoms with E-state index in [9.17, 15) is 5.11 Å². The van der Waals surface area contributed by atoms with Crippen molar-refractivity contribution < 1.29 is 5.11 Å². The van der Waals surface area contributed by atoms with E-state index in [0.717, 1.165) is 21.2 Å². The lowest BCUT2D eigenvalue weighted by molar-refractivity contribution is 0.200. The predicted octanol–water partition coefficient (Wildman–Crippen LogP) is 3.75. The maximum Gasteiger partial charge on any atom is 0.0767 e. The van der Waals surface area contributed by atoms with Crippen LogP contribution in [0.15, 0.2) is 46.9 Å². The van der Waals surface area contributed by atoms with E-state index >= 15 is 0 Å². The fourth-order valence-corrected chi connectivity index (χ4v) is 2.23. The van der Waals surface area contributed by atoms with Gasteiger partial charge in [-0.3, -0.25) is 0 Å². The van der Waals surface area contributed by atoms with Crippen LogP contribution in [0.5, 0.6) is 0 Å². The molecule has 2 aromatic carbocycles. The van der Waals surface area contributed by atoms with Gasteiger partial charge in [-0.25, -0.2) is 0 Å². The molecule has 3 heteroatoms. The summed E-state index contributed by atoms with van der Waals surface area (Å²) in [7, 11) is 0. The van der Waals surface area contributed by atoms with Crippen LogP contribution in [0, 0.1) is 0 Å². The quantitative estimate of drug-likeness (QED) is 0.828. The van der Waals surface area contributed by atoms with Gasteiger partial charge in [0.05, 0.1) is 6.10 Å². The fourth-order valence-electron chi connectivity index (χ4n) is 1.87. The van der Waals surface area contributed by atoms with Gasteiger partial charge in [0.15, 0.2) is 0 Å². The first kappa shape index (κ1) is 12.1. The molecule has 0 radical (unpaired) electrons. The molecule has 0 aliphatic carbocycles. The van der Waals surface area contributed by atoms with Crippen LogP contribution >= 0.6 is 15.9 Å². The molecule has 1 unspecified atom stereocenters. The van der Waals surface area contributed by atoms with Gasteiger partial charge in [0.25, 0.3) is 0 Å². The minimum absolute atomic E-state index is 0.510. The first-order valence-corrected chi connectivity index (χ1v) is 6.21. The van der Waals surface area contributed by atoms with E-state index in [2.05, 4.69) is 15.9 Å². The van der Waals surface area contributed by atoms with Crippen LogP contribution in [0.2, 0.25) is 0 Å². The molecule has 2 rings (SSSR count). The van der Waals surface area contributed by atoms with E-state index in [0.29, 0.717) is 5.69 Å². The summed E-state index contributed by atoms with van der Waals surface area (Å²) < 4.78 is 0.974. The highest BCUT2D eigenvalue weighted by atomic mass is 79.9. The Labute approximate surface area is 109 Å². The van der Waals surface area contributed by atoms with Crippen molar-refractivity contribution in [2.75, 3.05) is 5.73 Å². The summed E-state index contributed by atoms with van der Waals surface area (Å²) in [6.07, 6.45) is -0.510. The molecule has 0 aliphatic rings. The fraction of sp³-hybridized carbons (Fsp3) is 0.143. The number of aliphatic hydroxyl groups is 1. The molecule has 0 spiro atoms. The third-order valence-corrected chi connectivity index (χ3v) is 3.21. The van der Waals surface area contributed by atoms with Gasteiger partial charge in [-0.05, 0) is 36.2 Å². The first-order chi connectivity index (χ1) is 8.09. The smallest absolute Gasteiger partial charge is 0.0767 e. The topological polar surface area (TPSA) is 46.2 Å². The molecule has 0 aromatic heterocycles. The van der Waals surface area contributed by atoms with E-state index in [-0.39, 0.29) is 0 Å². The summed E-state index contributed by atoms with van der Waals surface area (Å²) in [5, 5.41) is 9.77. The average molecular weight is 292 g/mol. The number of hydrogen-bond donors (Lipinski definition) is 2. The molecule has 0 fully saturated rings. The van der Waals surface area contributed by atoms with Gasteiger partial charge in [-0.1, -0.05) is 40.2 Å². The lowest BCUT2D eigenvalue weighted by Crippen LogP contribution is -1.97. The third-order valence-electron chi connectivity index (χ3n) is 2.72. The van der Waals surface area contributed by atoms with Crippen LogP contribution in [0.3, 0.4) is 0 Å². The molecule has 0 saturated heterocycles. The van der Waals surface area contributed by atoms with Crippen molar-refractivity contribution in [1.29, 1.82) is 0 Å². The summed E-state index contributed by atoms with van der Waals surface area (Å²) in [5.41, 5.74) is 9.50. The van der Waals surface area contributed by atoms with Gasteiger partial charge < -0.3 is 10.8 Å². The second-order valence-electron chi connectivity index (χ2n) is 3.99. The lowest BCUT2D eigenvalue weighted by atomic mass is 9.96. The van der Waals surface area contributed by atoms with Gasteiger partial charge in [0, 0.05) is 15.7 Å². The summed E-state index contributed by atoms with van der Waals surface area (Å²) in [6.45, 7) is 1.76.